The summed E-state index contributed by atoms with van der Waals surface area (Å²) in [4.78, 5) is 0. The number of hydrogen-bond acceptors (Lipinski definition) is 1. The summed E-state index contributed by atoms with van der Waals surface area (Å²) < 4.78 is 35.9. The number of nitrogens with two attached hydrogens (primary N) is 1. The van der Waals surface area contributed by atoms with E-state index in [2.05, 4.69) is 0 Å². The van der Waals surface area contributed by atoms with Crippen molar-refractivity contribution in [2.75, 3.05) is 26.6 Å². The molecule has 10 heavy (non-hydrogen) atoms. The number of hydrogen-bond donors (Lipinski definition) is 1. The Kier molecular flexibility index (Phi) is 4.43. The van der Waals surface area contributed by atoms with Crippen molar-refractivity contribution in [3.63, 3.8) is 0 Å². The van der Waals surface area contributed by atoms with Gasteiger partial charge in [-0.05, 0) is 13.0 Å². The molecule has 0 aliphatic heterocycles. The third-order valence-electron chi connectivity index (χ3n) is 1.53. The molecular formula is C6H12F3N. The largest absolute Gasteiger partial charge is 0.330 e. The Balaban J connectivity index is 3.87. The van der Waals surface area contributed by atoms with Crippen molar-refractivity contribution in [2.24, 2.45) is 11.1 Å². The van der Waals surface area contributed by atoms with E-state index in [0.29, 0.717) is 0 Å². The van der Waals surface area contributed by atoms with Gasteiger partial charge in [0.25, 0.3) is 0 Å². The first-order valence-corrected chi connectivity index (χ1v) is 3.12. The molecule has 1 nitrogen and oxygen atoms in total. The van der Waals surface area contributed by atoms with Gasteiger partial charge in [-0.1, -0.05) is 0 Å². The fourth-order valence-electron chi connectivity index (χ4n) is 0.614. The van der Waals surface area contributed by atoms with E-state index in [0.717, 1.165) is 0 Å². The van der Waals surface area contributed by atoms with Gasteiger partial charge in [0.05, 0.1) is 5.41 Å². The summed E-state index contributed by atoms with van der Waals surface area (Å²) in [5.74, 6) is 0. The lowest BCUT2D eigenvalue weighted by molar-refractivity contribution is 0.105. The van der Waals surface area contributed by atoms with Crippen LogP contribution in [0.3, 0.4) is 0 Å². The van der Waals surface area contributed by atoms with Crippen LogP contribution in [0.25, 0.3) is 0 Å². The van der Waals surface area contributed by atoms with Crippen molar-refractivity contribution in [3.8, 4) is 0 Å². The molecule has 0 aliphatic rings. The molecule has 62 valence electrons. The molecule has 0 atom stereocenters. The van der Waals surface area contributed by atoms with Crippen LogP contribution < -0.4 is 5.73 Å². The molecule has 0 amide bonds. The van der Waals surface area contributed by atoms with Crippen molar-refractivity contribution in [1.82, 2.24) is 0 Å². The normalized spacial score (nSPS) is 12.0. The zero-order valence-corrected chi connectivity index (χ0v) is 5.75. The minimum atomic E-state index is -1.45. The number of halogens is 3. The van der Waals surface area contributed by atoms with E-state index in [-0.39, 0.29) is 13.0 Å². The third kappa shape index (κ3) is 2.17. The Morgan fingerprint density at radius 1 is 1.00 bits per heavy atom. The van der Waals surface area contributed by atoms with Crippen LogP contribution in [0.5, 0.6) is 0 Å². The average Bonchev–Trinajstić information content (AvgIpc) is 2.01. The predicted molar refractivity (Wildman–Crippen MR) is 34.0 cm³/mol. The molecule has 0 heterocycles. The van der Waals surface area contributed by atoms with Crippen LogP contribution in [0, 0.1) is 5.41 Å². The molecule has 0 saturated heterocycles. The zero-order chi connectivity index (χ0) is 8.04. The standard InChI is InChI=1S/C6H12F3N/c7-3-6(4-8,5-9)1-2-10/h1-5,10H2. The summed E-state index contributed by atoms with van der Waals surface area (Å²) in [7, 11) is 0. The molecule has 0 aliphatic carbocycles. The van der Waals surface area contributed by atoms with Crippen LogP contribution in [0.2, 0.25) is 0 Å². The van der Waals surface area contributed by atoms with Crippen LogP contribution in [0.1, 0.15) is 6.42 Å². The fraction of sp³-hybridized carbons (Fsp3) is 1.00. The maximum Gasteiger partial charge on any atom is 0.100 e. The van der Waals surface area contributed by atoms with E-state index in [4.69, 9.17) is 5.73 Å². The molecule has 0 aromatic heterocycles. The Bertz CT molecular complexity index is 74.8. The molecule has 0 radical (unpaired) electrons. The van der Waals surface area contributed by atoms with Crippen molar-refractivity contribution < 1.29 is 13.2 Å². The first kappa shape index (κ1) is 9.75. The van der Waals surface area contributed by atoms with Crippen molar-refractivity contribution in [2.45, 2.75) is 6.42 Å². The highest BCUT2D eigenvalue weighted by Crippen LogP contribution is 2.23. The monoisotopic (exact) mass is 155 g/mol. The van der Waals surface area contributed by atoms with Gasteiger partial charge in [0.15, 0.2) is 0 Å². The molecule has 4 heteroatoms. The fourth-order valence-corrected chi connectivity index (χ4v) is 0.614. The molecule has 2 N–H and O–H groups in total. The lowest BCUT2D eigenvalue weighted by atomic mass is 9.89. The van der Waals surface area contributed by atoms with E-state index >= 15 is 0 Å². The SMILES string of the molecule is NCCC(CF)(CF)CF. The van der Waals surface area contributed by atoms with Gasteiger partial charge in [-0.15, -0.1) is 0 Å². The Hall–Kier alpha value is -0.250. The molecule has 0 aromatic rings. The lowest BCUT2D eigenvalue weighted by Gasteiger charge is -2.22. The van der Waals surface area contributed by atoms with Gasteiger partial charge in [-0.25, -0.2) is 0 Å². The van der Waals surface area contributed by atoms with Gasteiger partial charge in [0, 0.05) is 0 Å². The quantitative estimate of drug-likeness (QED) is 0.634. The summed E-state index contributed by atoms with van der Waals surface area (Å²) in [5, 5.41) is 0. The summed E-state index contributed by atoms with van der Waals surface area (Å²) in [6.07, 6.45) is 0.0660. The third-order valence-corrected chi connectivity index (χ3v) is 1.53. The molecule has 0 saturated carbocycles. The highest BCUT2D eigenvalue weighted by atomic mass is 19.1. The van der Waals surface area contributed by atoms with Crippen LogP contribution in [-0.2, 0) is 0 Å². The molecule has 0 fully saturated rings. The zero-order valence-electron chi connectivity index (χ0n) is 5.75. The summed E-state index contributed by atoms with van der Waals surface area (Å²) in [6.45, 7) is -2.80. The van der Waals surface area contributed by atoms with Gasteiger partial charge < -0.3 is 5.73 Å². The van der Waals surface area contributed by atoms with Crippen LogP contribution in [-0.4, -0.2) is 26.6 Å². The minimum Gasteiger partial charge on any atom is -0.330 e. The van der Waals surface area contributed by atoms with E-state index in [1.165, 1.54) is 0 Å². The minimum absolute atomic E-state index is 0.0660. The van der Waals surface area contributed by atoms with E-state index in [1.807, 2.05) is 0 Å². The number of alkyl halides is 3. The van der Waals surface area contributed by atoms with Crippen molar-refractivity contribution in [1.29, 1.82) is 0 Å². The van der Waals surface area contributed by atoms with E-state index in [1.54, 1.807) is 0 Å². The molecule has 0 rings (SSSR count). The van der Waals surface area contributed by atoms with Crippen molar-refractivity contribution >= 4 is 0 Å². The average molecular weight is 155 g/mol. The molecule has 0 unspecified atom stereocenters. The molecule has 0 bridgehead atoms. The Morgan fingerprint density at radius 2 is 1.40 bits per heavy atom. The Morgan fingerprint density at radius 3 is 1.50 bits per heavy atom. The smallest absolute Gasteiger partial charge is 0.100 e. The molecule has 0 aromatic carbocycles. The highest BCUT2D eigenvalue weighted by molar-refractivity contribution is 4.77. The summed E-state index contributed by atoms with van der Waals surface area (Å²) in [6, 6.07) is 0. The van der Waals surface area contributed by atoms with Crippen LogP contribution in [0.15, 0.2) is 0 Å². The second kappa shape index (κ2) is 4.55. The second-order valence-electron chi connectivity index (χ2n) is 2.44. The van der Waals surface area contributed by atoms with Crippen LogP contribution >= 0.6 is 0 Å². The maximum absolute atomic E-state index is 12.0. The highest BCUT2D eigenvalue weighted by Gasteiger charge is 2.29. The first-order valence-electron chi connectivity index (χ1n) is 3.12. The van der Waals surface area contributed by atoms with E-state index in [9.17, 15) is 13.2 Å². The molecule has 0 spiro atoms. The first-order chi connectivity index (χ1) is 4.74. The summed E-state index contributed by atoms with van der Waals surface area (Å²) in [5.41, 5.74) is 3.59. The van der Waals surface area contributed by atoms with Gasteiger partial charge in [0.2, 0.25) is 0 Å². The van der Waals surface area contributed by atoms with Gasteiger partial charge in [0.1, 0.15) is 20.0 Å². The van der Waals surface area contributed by atoms with E-state index < -0.39 is 25.4 Å². The van der Waals surface area contributed by atoms with Crippen molar-refractivity contribution in [3.05, 3.63) is 0 Å². The lowest BCUT2D eigenvalue weighted by Crippen LogP contribution is -2.31. The topological polar surface area (TPSA) is 26.0 Å². The predicted octanol–water partition coefficient (Wildman–Crippen LogP) is 1.23. The van der Waals surface area contributed by atoms with Crippen LogP contribution in [0.4, 0.5) is 13.2 Å². The van der Waals surface area contributed by atoms with Gasteiger partial charge in [-0.3, -0.25) is 13.2 Å². The Labute approximate surface area is 58.4 Å². The van der Waals surface area contributed by atoms with Gasteiger partial charge in [-0.2, -0.15) is 0 Å². The number of rotatable bonds is 5. The van der Waals surface area contributed by atoms with Gasteiger partial charge >= 0.3 is 0 Å². The maximum atomic E-state index is 12.0. The molecular weight excluding hydrogens is 143 g/mol. The second-order valence-corrected chi connectivity index (χ2v) is 2.44. The summed E-state index contributed by atoms with van der Waals surface area (Å²) >= 11 is 0.